The summed E-state index contributed by atoms with van der Waals surface area (Å²) in [5, 5.41) is 0. The number of hydrogen-bond acceptors (Lipinski definition) is 1. The van der Waals surface area contributed by atoms with E-state index in [0.717, 1.165) is 5.76 Å². The van der Waals surface area contributed by atoms with Gasteiger partial charge in [0.25, 0.3) is 0 Å². The first-order valence-corrected chi connectivity index (χ1v) is 8.17. The Morgan fingerprint density at radius 3 is 2.13 bits per heavy atom. The van der Waals surface area contributed by atoms with Crippen molar-refractivity contribution < 1.29 is 4.42 Å². The maximum Gasteiger partial charge on any atom is 0.134 e. The molecule has 2 aliphatic rings. The zero-order valence-electron chi connectivity index (χ0n) is 14.1. The third-order valence-electron chi connectivity index (χ3n) is 5.51. The van der Waals surface area contributed by atoms with Gasteiger partial charge in [-0.1, -0.05) is 41.5 Å². The molecule has 115 valence electrons. The average molecular weight is 301 g/mol. The van der Waals surface area contributed by atoms with Crippen molar-refractivity contribution in [2.24, 2.45) is 0 Å². The van der Waals surface area contributed by atoms with Gasteiger partial charge in [-0.15, -0.1) is 0 Å². The summed E-state index contributed by atoms with van der Waals surface area (Å²) < 4.78 is 5.68. The van der Waals surface area contributed by atoms with Crippen molar-refractivity contribution in [2.75, 3.05) is 0 Å². The molecular formula is C22H21O. The molecule has 1 aromatic heterocycles. The van der Waals surface area contributed by atoms with Gasteiger partial charge in [0.15, 0.2) is 0 Å². The fourth-order valence-electron chi connectivity index (χ4n) is 3.96. The fourth-order valence-corrected chi connectivity index (χ4v) is 3.96. The molecule has 0 bridgehead atoms. The van der Waals surface area contributed by atoms with E-state index in [4.69, 9.17) is 4.42 Å². The topological polar surface area (TPSA) is 13.1 Å². The van der Waals surface area contributed by atoms with Crippen LogP contribution in [-0.4, -0.2) is 0 Å². The second-order valence-corrected chi connectivity index (χ2v) is 6.54. The number of rotatable bonds is 2. The van der Waals surface area contributed by atoms with E-state index in [-0.39, 0.29) is 0 Å². The summed E-state index contributed by atoms with van der Waals surface area (Å²) >= 11 is 0. The molecule has 0 saturated heterocycles. The van der Waals surface area contributed by atoms with E-state index in [2.05, 4.69) is 58.0 Å². The standard InChI is InChI=1S/C22H21O/c1-13-14(2)16(4)22(15(13)3)20-12-19(21-10-7-11-23-21)17-8-5-6-9-18(17)20/h5-12,20H,1-4H3. The summed E-state index contributed by atoms with van der Waals surface area (Å²) in [6.07, 6.45) is 4.12. The van der Waals surface area contributed by atoms with Gasteiger partial charge in [0.1, 0.15) is 5.76 Å². The van der Waals surface area contributed by atoms with Gasteiger partial charge < -0.3 is 4.42 Å². The normalized spacial score (nSPS) is 21.2. The lowest BCUT2D eigenvalue weighted by molar-refractivity contribution is 0.554. The van der Waals surface area contributed by atoms with E-state index in [1.165, 1.54) is 44.9 Å². The fraction of sp³-hybridized carbons (Fsp3) is 0.227. The Hall–Kier alpha value is -2.28. The molecule has 0 spiro atoms. The van der Waals surface area contributed by atoms with Crippen molar-refractivity contribution in [1.29, 1.82) is 0 Å². The average Bonchev–Trinajstić information content (AvgIpc) is 3.24. The summed E-state index contributed by atoms with van der Waals surface area (Å²) in [4.78, 5) is 0. The van der Waals surface area contributed by atoms with Crippen LogP contribution in [0, 0.1) is 5.92 Å². The molecule has 0 aliphatic heterocycles. The highest BCUT2D eigenvalue weighted by Gasteiger charge is 2.36. The molecular weight excluding hydrogens is 280 g/mol. The Kier molecular flexibility index (Phi) is 3.19. The first-order chi connectivity index (χ1) is 11.1. The van der Waals surface area contributed by atoms with Crippen LogP contribution >= 0.6 is 0 Å². The van der Waals surface area contributed by atoms with Crippen LogP contribution in [0.15, 0.2) is 75.4 Å². The van der Waals surface area contributed by atoms with Crippen molar-refractivity contribution in [3.05, 3.63) is 93.8 Å². The number of allylic oxidation sites excluding steroid dienone is 5. The first kappa shape index (κ1) is 14.3. The van der Waals surface area contributed by atoms with Crippen LogP contribution in [0.25, 0.3) is 5.57 Å². The lowest BCUT2D eigenvalue weighted by Crippen LogP contribution is -2.08. The summed E-state index contributed by atoms with van der Waals surface area (Å²) in [5.41, 5.74) is 9.60. The van der Waals surface area contributed by atoms with Crippen LogP contribution in [-0.2, 0) is 0 Å². The molecule has 4 rings (SSSR count). The Labute approximate surface area is 138 Å². The first-order valence-electron chi connectivity index (χ1n) is 8.17. The molecule has 0 N–H and O–H groups in total. The SMILES string of the molecule is CC1=C(C)C(C)=C(C)[C]1C1C=C(c2ccco2)c2ccccc21. The lowest BCUT2D eigenvalue weighted by Gasteiger charge is -2.22. The zero-order valence-corrected chi connectivity index (χ0v) is 14.1. The minimum absolute atomic E-state index is 0.318. The van der Waals surface area contributed by atoms with Gasteiger partial charge in [-0.3, -0.25) is 0 Å². The van der Waals surface area contributed by atoms with Gasteiger partial charge in [-0.05, 0) is 62.1 Å². The van der Waals surface area contributed by atoms with E-state index in [0.29, 0.717) is 5.92 Å². The van der Waals surface area contributed by atoms with Crippen LogP contribution in [0.1, 0.15) is 50.5 Å². The zero-order chi connectivity index (χ0) is 16.1. The van der Waals surface area contributed by atoms with Crippen LogP contribution in [0.5, 0.6) is 0 Å². The highest BCUT2D eigenvalue weighted by atomic mass is 16.3. The highest BCUT2D eigenvalue weighted by Crippen LogP contribution is 2.52. The predicted molar refractivity (Wildman–Crippen MR) is 95.0 cm³/mol. The molecule has 1 atom stereocenters. The molecule has 0 fully saturated rings. The largest absolute Gasteiger partial charge is 0.464 e. The molecule has 0 amide bonds. The van der Waals surface area contributed by atoms with Crippen LogP contribution in [0.4, 0.5) is 0 Å². The third-order valence-corrected chi connectivity index (χ3v) is 5.51. The minimum atomic E-state index is 0.318. The van der Waals surface area contributed by atoms with E-state index >= 15 is 0 Å². The molecule has 1 radical (unpaired) electrons. The van der Waals surface area contributed by atoms with Crippen molar-refractivity contribution in [3.63, 3.8) is 0 Å². The van der Waals surface area contributed by atoms with E-state index in [9.17, 15) is 0 Å². The van der Waals surface area contributed by atoms with E-state index < -0.39 is 0 Å². The van der Waals surface area contributed by atoms with Gasteiger partial charge in [0, 0.05) is 17.4 Å². The van der Waals surface area contributed by atoms with E-state index in [1.54, 1.807) is 6.26 Å². The van der Waals surface area contributed by atoms with Crippen molar-refractivity contribution in [1.82, 2.24) is 0 Å². The summed E-state index contributed by atoms with van der Waals surface area (Å²) in [7, 11) is 0. The van der Waals surface area contributed by atoms with Crippen molar-refractivity contribution in [3.8, 4) is 0 Å². The minimum Gasteiger partial charge on any atom is -0.464 e. The maximum absolute atomic E-state index is 5.68. The Bertz CT molecular complexity index is 835. The van der Waals surface area contributed by atoms with Crippen LogP contribution in [0.3, 0.4) is 0 Å². The second kappa shape index (κ2) is 5.13. The molecule has 2 aromatic rings. The molecule has 1 unspecified atom stereocenters. The molecule has 1 aromatic carbocycles. The summed E-state index contributed by atoms with van der Waals surface area (Å²) in [5.74, 6) is 2.74. The van der Waals surface area contributed by atoms with Crippen molar-refractivity contribution >= 4 is 5.57 Å². The molecule has 2 aliphatic carbocycles. The summed E-state index contributed by atoms with van der Waals surface area (Å²) in [6, 6.07) is 12.7. The molecule has 1 heteroatoms. The Morgan fingerprint density at radius 2 is 1.48 bits per heavy atom. The van der Waals surface area contributed by atoms with Crippen LogP contribution < -0.4 is 0 Å². The van der Waals surface area contributed by atoms with Gasteiger partial charge in [0.2, 0.25) is 0 Å². The van der Waals surface area contributed by atoms with Crippen LogP contribution in [0.2, 0.25) is 0 Å². The maximum atomic E-state index is 5.68. The van der Waals surface area contributed by atoms with Crippen molar-refractivity contribution in [2.45, 2.75) is 33.6 Å². The molecule has 0 saturated carbocycles. The molecule has 1 heterocycles. The third kappa shape index (κ3) is 1.99. The Morgan fingerprint density at radius 1 is 0.783 bits per heavy atom. The Balaban J connectivity index is 1.88. The summed E-state index contributed by atoms with van der Waals surface area (Å²) in [6.45, 7) is 8.98. The van der Waals surface area contributed by atoms with Gasteiger partial charge in [-0.2, -0.15) is 0 Å². The number of furan rings is 1. The quantitative estimate of drug-likeness (QED) is 0.656. The second-order valence-electron chi connectivity index (χ2n) is 6.54. The number of hydrogen-bond donors (Lipinski definition) is 0. The van der Waals surface area contributed by atoms with Gasteiger partial charge >= 0.3 is 0 Å². The predicted octanol–water partition coefficient (Wildman–Crippen LogP) is 6.07. The molecule has 23 heavy (non-hydrogen) atoms. The monoisotopic (exact) mass is 301 g/mol. The molecule has 1 nitrogen and oxygen atoms in total. The van der Waals surface area contributed by atoms with Gasteiger partial charge in [0.05, 0.1) is 6.26 Å². The highest BCUT2D eigenvalue weighted by molar-refractivity contribution is 5.85. The number of benzene rings is 1. The van der Waals surface area contributed by atoms with Gasteiger partial charge in [-0.25, -0.2) is 0 Å². The lowest BCUT2D eigenvalue weighted by atomic mass is 9.81. The number of fused-ring (bicyclic) bond motifs is 1. The van der Waals surface area contributed by atoms with E-state index in [1.807, 2.05) is 12.1 Å². The smallest absolute Gasteiger partial charge is 0.134 e.